The number of hydrogen-bond donors (Lipinski definition) is 0. The maximum Gasteiger partial charge on any atom is 0.0998 e. The minimum Gasteiger partial charge on any atom is -0.106 e. The molecule has 0 aromatic heterocycles. The highest BCUT2D eigenvalue weighted by Gasteiger charge is 1.86. The molecule has 0 aromatic carbocycles. The summed E-state index contributed by atoms with van der Waals surface area (Å²) in [7, 11) is 4.91. The van der Waals surface area contributed by atoms with Crippen LogP contribution in [0, 0.1) is 0 Å². The Bertz CT molecular complexity index is 21.6. The third-order valence-electron chi connectivity index (χ3n) is 0.178. The summed E-state index contributed by atoms with van der Waals surface area (Å²) in [5.74, 6) is 0. The lowest BCUT2D eigenvalue weighted by Gasteiger charge is -1.84. The molecule has 0 amide bonds. The molecule has 3 heteroatoms. The predicted molar refractivity (Wildman–Crippen MR) is 26.1 cm³/mol. The average Bonchev–Trinajstić information content (AvgIpc) is 1.38. The molecule has 0 atom stereocenters. The minimum absolute atomic E-state index is 0.336. The van der Waals surface area contributed by atoms with Crippen LogP contribution >= 0.6 is 23.2 Å². The van der Waals surface area contributed by atoms with Crippen LogP contribution in [0.15, 0.2) is 0 Å². The molecule has 0 heterocycles. The zero-order valence-electron chi connectivity index (χ0n) is 2.62. The lowest BCUT2D eigenvalue weighted by molar-refractivity contribution is 1.37. The largest absolute Gasteiger partial charge is 0.106 e. The first kappa shape index (κ1) is 5.64. The van der Waals surface area contributed by atoms with Crippen molar-refractivity contribution in [2.45, 2.75) is 11.2 Å². The van der Waals surface area contributed by atoms with Gasteiger partial charge in [-0.25, -0.2) is 0 Å². The van der Waals surface area contributed by atoms with Crippen molar-refractivity contribution in [2.75, 3.05) is 0 Å². The zero-order valence-corrected chi connectivity index (χ0v) is 4.13. The van der Waals surface area contributed by atoms with Crippen LogP contribution in [0.1, 0.15) is 0 Å². The lowest BCUT2D eigenvalue weighted by Crippen LogP contribution is -1.79. The van der Waals surface area contributed by atoms with Gasteiger partial charge in [0, 0.05) is 0 Å². The summed E-state index contributed by atoms with van der Waals surface area (Å²) in [6.45, 7) is 0. The summed E-state index contributed by atoms with van der Waals surface area (Å²) in [5.41, 5.74) is 0. The highest BCUT2D eigenvalue weighted by molar-refractivity contribution is 6.46. The van der Waals surface area contributed by atoms with Crippen molar-refractivity contribution in [1.82, 2.24) is 0 Å². The normalized spacial score (nSPS) is 9.40. The van der Waals surface area contributed by atoms with Crippen LogP contribution in [0.5, 0.6) is 0 Å². The summed E-state index contributed by atoms with van der Waals surface area (Å²) >= 11 is 10.2. The van der Waals surface area contributed by atoms with Gasteiger partial charge >= 0.3 is 0 Å². The van der Waals surface area contributed by atoms with Crippen LogP contribution in [0.3, 0.4) is 0 Å². The molecule has 0 saturated carbocycles. The zero-order chi connectivity index (χ0) is 4.28. The molecule has 0 saturated heterocycles. The van der Waals surface area contributed by atoms with E-state index >= 15 is 0 Å². The van der Waals surface area contributed by atoms with Gasteiger partial charge in [-0.1, -0.05) is 6.32 Å². The molecule has 0 aliphatic heterocycles. The average molecular weight is 109 g/mol. The van der Waals surface area contributed by atoms with Gasteiger partial charge in [0.1, 0.15) is 0 Å². The van der Waals surface area contributed by atoms with E-state index in [2.05, 4.69) is 0 Å². The molecule has 0 aliphatic rings. The lowest BCUT2D eigenvalue weighted by atomic mass is 10.1. The highest BCUT2D eigenvalue weighted by atomic mass is 35.5. The fraction of sp³-hybridized carbons (Fsp3) is 1.00. The summed E-state index contributed by atoms with van der Waals surface area (Å²) < 4.78 is 0. The second kappa shape index (κ2) is 2.86. The first-order valence-corrected chi connectivity index (χ1v) is 2.13. The minimum atomic E-state index is -0.394. The highest BCUT2D eigenvalue weighted by Crippen LogP contribution is 2.02. The molecule has 5 heavy (non-hydrogen) atoms. The Hall–Kier alpha value is 0.645. The van der Waals surface area contributed by atoms with Gasteiger partial charge in [-0.2, -0.15) is 0 Å². The second-order valence-electron chi connectivity index (χ2n) is 0.627. The fourth-order valence-electron chi connectivity index (χ4n) is 0. The molecule has 28 valence electrons. The molecule has 0 aromatic rings. The van der Waals surface area contributed by atoms with Crippen molar-refractivity contribution in [2.24, 2.45) is 0 Å². The molecule has 0 N–H and O–H groups in total. The van der Waals surface area contributed by atoms with Crippen molar-refractivity contribution in [3.05, 3.63) is 0 Å². The van der Waals surface area contributed by atoms with Gasteiger partial charge < -0.3 is 0 Å². The molecule has 0 fully saturated rings. The Morgan fingerprint density at radius 2 is 1.80 bits per heavy atom. The van der Waals surface area contributed by atoms with Crippen molar-refractivity contribution >= 4 is 31.0 Å². The van der Waals surface area contributed by atoms with Crippen molar-refractivity contribution in [3.63, 3.8) is 0 Å². The van der Waals surface area contributed by atoms with Crippen molar-refractivity contribution in [1.29, 1.82) is 0 Å². The standard InChI is InChI=1S/C2H3BCl2/c3-1-2(4)5/h2H,1H2. The Morgan fingerprint density at radius 3 is 1.80 bits per heavy atom. The second-order valence-corrected chi connectivity index (χ2v) is 1.90. The molecule has 0 rings (SSSR count). The topological polar surface area (TPSA) is 0 Å². The molecule has 0 nitrogen and oxygen atoms in total. The van der Waals surface area contributed by atoms with Crippen LogP contribution in [0.4, 0.5) is 0 Å². The van der Waals surface area contributed by atoms with E-state index in [4.69, 9.17) is 31.0 Å². The maximum atomic E-state index is 5.10. The fourth-order valence-corrected chi connectivity index (χ4v) is 0. The first-order valence-electron chi connectivity index (χ1n) is 1.25. The smallest absolute Gasteiger partial charge is 0.0998 e. The van der Waals surface area contributed by atoms with Gasteiger partial charge in [0.15, 0.2) is 0 Å². The first-order chi connectivity index (χ1) is 2.27. The Kier molecular flexibility index (Phi) is 3.23. The van der Waals surface area contributed by atoms with E-state index in [9.17, 15) is 0 Å². The molecule has 0 bridgehead atoms. The van der Waals surface area contributed by atoms with Gasteiger partial charge in [-0.05, 0) is 0 Å². The third-order valence-corrected chi connectivity index (χ3v) is 0.535. The van der Waals surface area contributed by atoms with Crippen LogP contribution in [-0.4, -0.2) is 12.7 Å². The van der Waals surface area contributed by atoms with Crippen LogP contribution in [0.25, 0.3) is 0 Å². The van der Waals surface area contributed by atoms with E-state index in [0.29, 0.717) is 6.32 Å². The van der Waals surface area contributed by atoms with E-state index in [0.717, 1.165) is 0 Å². The molecule has 0 unspecified atom stereocenters. The predicted octanol–water partition coefficient (Wildman–Crippen LogP) is 1.38. The molecule has 2 radical (unpaired) electrons. The SMILES string of the molecule is [B]CC(Cl)Cl. The van der Waals surface area contributed by atoms with Gasteiger partial charge in [0.25, 0.3) is 0 Å². The number of rotatable bonds is 1. The van der Waals surface area contributed by atoms with Crippen molar-refractivity contribution in [3.8, 4) is 0 Å². The van der Waals surface area contributed by atoms with E-state index < -0.39 is 4.84 Å². The van der Waals surface area contributed by atoms with Crippen LogP contribution in [0.2, 0.25) is 6.32 Å². The number of halogens is 2. The van der Waals surface area contributed by atoms with Crippen molar-refractivity contribution < 1.29 is 0 Å². The summed E-state index contributed by atoms with van der Waals surface area (Å²) in [6, 6.07) is 0. The molecular weight excluding hydrogens is 106 g/mol. The Balaban J connectivity index is 2.54. The Labute approximate surface area is 42.9 Å². The monoisotopic (exact) mass is 108 g/mol. The van der Waals surface area contributed by atoms with Crippen LogP contribution < -0.4 is 0 Å². The van der Waals surface area contributed by atoms with E-state index in [-0.39, 0.29) is 0 Å². The number of alkyl halides is 2. The third kappa shape index (κ3) is 4.64. The van der Waals surface area contributed by atoms with E-state index in [1.54, 1.807) is 0 Å². The molecule has 0 aliphatic carbocycles. The maximum absolute atomic E-state index is 5.10. The summed E-state index contributed by atoms with van der Waals surface area (Å²) in [5, 5.41) is 0. The molecular formula is C2H3BCl2. The van der Waals surface area contributed by atoms with Gasteiger partial charge in [-0.3, -0.25) is 0 Å². The Morgan fingerprint density at radius 1 is 1.60 bits per heavy atom. The van der Waals surface area contributed by atoms with Gasteiger partial charge in [0.05, 0.1) is 12.7 Å². The van der Waals surface area contributed by atoms with Gasteiger partial charge in [-0.15, -0.1) is 23.2 Å². The quantitative estimate of drug-likeness (QED) is 0.352. The van der Waals surface area contributed by atoms with E-state index in [1.807, 2.05) is 0 Å². The number of hydrogen-bond acceptors (Lipinski definition) is 0. The van der Waals surface area contributed by atoms with E-state index in [1.165, 1.54) is 0 Å². The molecule has 0 spiro atoms. The van der Waals surface area contributed by atoms with Gasteiger partial charge in [0.2, 0.25) is 0 Å². The van der Waals surface area contributed by atoms with Crippen LogP contribution in [-0.2, 0) is 0 Å². The summed E-state index contributed by atoms with van der Waals surface area (Å²) in [4.78, 5) is -0.394. The summed E-state index contributed by atoms with van der Waals surface area (Å²) in [6.07, 6.45) is 0.336.